The number of aliphatic hydroxyl groups excluding tert-OH is 1. The minimum Gasteiger partial charge on any atom is -0.390 e. The van der Waals surface area contributed by atoms with Crippen molar-refractivity contribution in [2.45, 2.75) is 0 Å². The molecule has 0 aliphatic heterocycles. The zero-order valence-electron chi connectivity index (χ0n) is 3.73. The highest BCUT2D eigenvalue weighted by Crippen LogP contribution is 2.01. The van der Waals surface area contributed by atoms with E-state index in [9.17, 15) is 10.1 Å². The Morgan fingerprint density at radius 1 is 2.00 bits per heavy atom. The SMILES string of the molecule is O=[N+]([O-])SC(=S)CO. The van der Waals surface area contributed by atoms with Crippen LogP contribution in [-0.4, -0.2) is 20.2 Å². The second-order valence-electron chi connectivity index (χ2n) is 0.845. The lowest BCUT2D eigenvalue weighted by Gasteiger charge is -1.84. The molecule has 0 aliphatic rings. The van der Waals surface area contributed by atoms with Gasteiger partial charge in [0.25, 0.3) is 11.9 Å². The van der Waals surface area contributed by atoms with Gasteiger partial charge < -0.3 is 5.11 Å². The summed E-state index contributed by atoms with van der Waals surface area (Å²) in [5.41, 5.74) is 0. The van der Waals surface area contributed by atoms with Gasteiger partial charge in [0.1, 0.15) is 8.53 Å². The van der Waals surface area contributed by atoms with Crippen molar-refractivity contribution in [3.63, 3.8) is 0 Å². The Labute approximate surface area is 55.2 Å². The maximum absolute atomic E-state index is 9.54. The number of nitro groups is 1. The first-order valence-electron chi connectivity index (χ1n) is 1.63. The molecule has 1 N–H and O–H groups in total. The van der Waals surface area contributed by atoms with E-state index in [1.807, 2.05) is 0 Å². The third-order valence-corrected chi connectivity index (χ3v) is 1.14. The monoisotopic (exact) mass is 153 g/mol. The molecule has 6 heteroatoms. The molecule has 0 radical (unpaired) electrons. The summed E-state index contributed by atoms with van der Waals surface area (Å²) in [6.45, 7) is -0.416. The number of hydrogen-bond donors (Lipinski definition) is 1. The number of thiocarbonyl (C=S) groups is 1. The van der Waals surface area contributed by atoms with E-state index in [1.54, 1.807) is 0 Å². The Balaban J connectivity index is 3.40. The summed E-state index contributed by atoms with van der Waals surface area (Å²) in [6, 6.07) is 0. The van der Waals surface area contributed by atoms with Crippen LogP contribution >= 0.6 is 24.2 Å². The molecule has 0 saturated heterocycles. The van der Waals surface area contributed by atoms with Gasteiger partial charge >= 0.3 is 0 Å². The molecule has 0 rings (SSSR count). The Hall–Kier alpha value is -0.200. The first kappa shape index (κ1) is 7.80. The van der Waals surface area contributed by atoms with Crippen LogP contribution in [0.1, 0.15) is 0 Å². The Morgan fingerprint density at radius 2 is 2.50 bits per heavy atom. The van der Waals surface area contributed by atoms with Crippen molar-refractivity contribution in [2.75, 3.05) is 6.61 Å². The fourth-order valence-electron chi connectivity index (χ4n) is 0.112. The second kappa shape index (κ2) is 3.76. The lowest BCUT2D eigenvalue weighted by atomic mass is 10.9. The van der Waals surface area contributed by atoms with Crippen LogP contribution in [0.15, 0.2) is 0 Å². The summed E-state index contributed by atoms with van der Waals surface area (Å²) in [5, 5.41) is 17.7. The number of hydrogen-bond acceptors (Lipinski definition) is 5. The molecule has 0 fully saturated rings. The van der Waals surface area contributed by atoms with Gasteiger partial charge in [-0.2, -0.15) is 0 Å². The largest absolute Gasteiger partial charge is 0.390 e. The van der Waals surface area contributed by atoms with Crippen LogP contribution in [0.5, 0.6) is 0 Å². The molecule has 0 bridgehead atoms. The average Bonchev–Trinajstić information content (AvgIpc) is 1.65. The molecule has 0 unspecified atom stereocenters. The Kier molecular flexibility index (Phi) is 3.67. The molecule has 0 atom stereocenters. The topological polar surface area (TPSA) is 63.4 Å². The average molecular weight is 153 g/mol. The summed E-state index contributed by atoms with van der Waals surface area (Å²) in [7, 11) is 0. The first-order chi connectivity index (χ1) is 3.66. The fourth-order valence-corrected chi connectivity index (χ4v) is 0.519. The summed E-state index contributed by atoms with van der Waals surface area (Å²) < 4.78 is -0.673. The lowest BCUT2D eigenvalue weighted by Crippen LogP contribution is -1.98. The van der Waals surface area contributed by atoms with Crippen LogP contribution in [0.25, 0.3) is 0 Å². The molecular weight excluding hydrogens is 150 g/mol. The minimum atomic E-state index is -0.654. The van der Waals surface area contributed by atoms with E-state index in [4.69, 9.17) is 5.11 Å². The van der Waals surface area contributed by atoms with Crippen molar-refractivity contribution in [3.05, 3.63) is 10.1 Å². The molecule has 0 aromatic carbocycles. The number of nitrogens with zero attached hydrogens (tertiary/aromatic N) is 1. The highest BCUT2D eigenvalue weighted by Gasteiger charge is 2.05. The van der Waals surface area contributed by atoms with E-state index in [0.717, 1.165) is 0 Å². The van der Waals surface area contributed by atoms with Gasteiger partial charge in [-0.25, -0.2) is 0 Å². The van der Waals surface area contributed by atoms with Crippen molar-refractivity contribution in [1.29, 1.82) is 0 Å². The maximum Gasteiger partial charge on any atom is 0.275 e. The van der Waals surface area contributed by atoms with Crippen molar-refractivity contribution in [2.24, 2.45) is 0 Å². The molecular formula is C2H3NO3S2. The van der Waals surface area contributed by atoms with E-state index in [0.29, 0.717) is 0 Å². The molecule has 0 amide bonds. The molecule has 0 heterocycles. The van der Waals surface area contributed by atoms with E-state index in [1.165, 1.54) is 0 Å². The van der Waals surface area contributed by atoms with Gasteiger partial charge in [-0.05, 0) is 0 Å². The molecule has 0 aromatic heterocycles. The van der Waals surface area contributed by atoms with Crippen LogP contribution in [-0.2, 0) is 0 Å². The minimum absolute atomic E-state index is 0.0185. The molecule has 46 valence electrons. The Bertz CT molecular complexity index is 114. The van der Waals surface area contributed by atoms with Crippen molar-refractivity contribution in [1.82, 2.24) is 0 Å². The predicted octanol–water partition coefficient (Wildman–Crippen LogP) is 0.231. The van der Waals surface area contributed by atoms with Gasteiger partial charge in [0.2, 0.25) is 0 Å². The zero-order chi connectivity index (χ0) is 6.57. The van der Waals surface area contributed by atoms with Crippen molar-refractivity contribution < 1.29 is 9.44 Å². The van der Waals surface area contributed by atoms with Gasteiger partial charge in [0, 0.05) is 0 Å². The van der Waals surface area contributed by atoms with E-state index in [-0.39, 0.29) is 16.1 Å². The fraction of sp³-hybridized carbons (Fsp3) is 0.500. The highest BCUT2D eigenvalue weighted by molar-refractivity contribution is 8.19. The Morgan fingerprint density at radius 3 is 2.62 bits per heavy atom. The highest BCUT2D eigenvalue weighted by atomic mass is 32.2. The second-order valence-corrected chi connectivity index (χ2v) is 2.57. The predicted molar refractivity (Wildman–Crippen MR) is 34.3 cm³/mol. The normalized spacial score (nSPS) is 8.62. The molecule has 0 saturated carbocycles. The van der Waals surface area contributed by atoms with Crippen LogP contribution < -0.4 is 0 Å². The molecule has 0 spiro atoms. The smallest absolute Gasteiger partial charge is 0.275 e. The molecule has 0 aliphatic carbocycles. The van der Waals surface area contributed by atoms with Crippen LogP contribution in [0.4, 0.5) is 0 Å². The van der Waals surface area contributed by atoms with Crippen molar-refractivity contribution in [3.8, 4) is 0 Å². The van der Waals surface area contributed by atoms with Crippen LogP contribution in [0.2, 0.25) is 0 Å². The third kappa shape index (κ3) is 3.97. The van der Waals surface area contributed by atoms with E-state index in [2.05, 4.69) is 12.2 Å². The quantitative estimate of drug-likeness (QED) is 0.266. The van der Waals surface area contributed by atoms with Gasteiger partial charge in [-0.1, -0.05) is 12.2 Å². The molecule has 0 aromatic rings. The standard InChI is InChI=1S/C2H3NO3S2/c4-1-2(7)8-3(5)6/h4H,1H2. The summed E-state index contributed by atoms with van der Waals surface area (Å²) in [4.78, 5) is 9.54. The third-order valence-electron chi connectivity index (χ3n) is 0.305. The summed E-state index contributed by atoms with van der Waals surface area (Å²) in [5.74, 6) is 0. The summed E-state index contributed by atoms with van der Waals surface area (Å²) in [6.07, 6.45) is 0. The lowest BCUT2D eigenvalue weighted by molar-refractivity contribution is -0.281. The van der Waals surface area contributed by atoms with Crippen LogP contribution in [0, 0.1) is 10.1 Å². The van der Waals surface area contributed by atoms with Gasteiger partial charge in [0.05, 0.1) is 6.61 Å². The van der Waals surface area contributed by atoms with E-state index < -0.39 is 10.9 Å². The summed E-state index contributed by atoms with van der Waals surface area (Å²) >= 11 is 4.56. The first-order valence-corrected chi connectivity index (χ1v) is 2.81. The van der Waals surface area contributed by atoms with Gasteiger partial charge in [-0.15, -0.1) is 0 Å². The van der Waals surface area contributed by atoms with Gasteiger partial charge in [0.15, 0.2) is 0 Å². The zero-order valence-corrected chi connectivity index (χ0v) is 5.37. The number of aliphatic hydroxyl groups is 1. The maximum atomic E-state index is 9.54. The molecule has 4 nitrogen and oxygen atoms in total. The van der Waals surface area contributed by atoms with Crippen molar-refractivity contribution >= 4 is 28.4 Å². The number of rotatable bonds is 2. The molecule has 8 heavy (non-hydrogen) atoms. The van der Waals surface area contributed by atoms with Gasteiger partial charge in [-0.3, -0.25) is 10.1 Å². The van der Waals surface area contributed by atoms with E-state index >= 15 is 0 Å². The van der Waals surface area contributed by atoms with Crippen LogP contribution in [0.3, 0.4) is 0 Å².